The predicted octanol–water partition coefficient (Wildman–Crippen LogP) is -0.0880. The Kier molecular flexibility index (Phi) is 2.75. The third-order valence-electron chi connectivity index (χ3n) is 2.49. The van der Waals surface area contributed by atoms with Crippen LogP contribution in [0.3, 0.4) is 0 Å². The fourth-order valence-electron chi connectivity index (χ4n) is 1.70. The number of likely N-dealkylation sites (tertiary alicyclic amines) is 1. The SMILES string of the molecule is O=c1cc(CN2CCC(O)C2)occ1O. The molecule has 0 bridgehead atoms. The van der Waals surface area contributed by atoms with Crippen molar-refractivity contribution in [3.63, 3.8) is 0 Å². The molecule has 1 saturated heterocycles. The van der Waals surface area contributed by atoms with Gasteiger partial charge >= 0.3 is 0 Å². The lowest BCUT2D eigenvalue weighted by atomic mass is 10.3. The van der Waals surface area contributed by atoms with Crippen molar-refractivity contribution in [2.45, 2.75) is 19.1 Å². The zero-order chi connectivity index (χ0) is 10.8. The molecule has 5 heteroatoms. The van der Waals surface area contributed by atoms with E-state index in [1.807, 2.05) is 4.90 Å². The third kappa shape index (κ3) is 2.37. The van der Waals surface area contributed by atoms with Crippen molar-refractivity contribution in [1.82, 2.24) is 4.90 Å². The molecule has 1 unspecified atom stereocenters. The van der Waals surface area contributed by atoms with Crippen LogP contribution >= 0.6 is 0 Å². The molecular formula is C10H13NO4. The van der Waals surface area contributed by atoms with Crippen molar-refractivity contribution in [2.24, 2.45) is 0 Å². The number of nitrogens with zero attached hydrogens (tertiary/aromatic N) is 1. The number of β-amino-alcohol motifs (C(OH)–C–C–N with tert-alkyl or cyclic N) is 1. The molecule has 0 radical (unpaired) electrons. The van der Waals surface area contributed by atoms with Crippen molar-refractivity contribution in [3.05, 3.63) is 28.3 Å². The summed E-state index contributed by atoms with van der Waals surface area (Å²) in [6.07, 6.45) is 1.51. The van der Waals surface area contributed by atoms with E-state index in [1.165, 1.54) is 6.07 Å². The second kappa shape index (κ2) is 4.04. The van der Waals surface area contributed by atoms with Crippen LogP contribution in [0.25, 0.3) is 0 Å². The van der Waals surface area contributed by atoms with E-state index in [9.17, 15) is 9.90 Å². The highest BCUT2D eigenvalue weighted by Crippen LogP contribution is 2.13. The maximum atomic E-state index is 11.1. The van der Waals surface area contributed by atoms with Crippen LogP contribution in [0.15, 0.2) is 21.5 Å². The van der Waals surface area contributed by atoms with Crippen molar-refractivity contribution < 1.29 is 14.6 Å². The number of aliphatic hydroxyl groups excluding tert-OH is 1. The zero-order valence-electron chi connectivity index (χ0n) is 8.22. The van der Waals surface area contributed by atoms with Crippen molar-refractivity contribution in [2.75, 3.05) is 13.1 Å². The van der Waals surface area contributed by atoms with Gasteiger partial charge in [0.1, 0.15) is 12.0 Å². The molecule has 2 rings (SSSR count). The molecule has 1 fully saturated rings. The Morgan fingerprint density at radius 1 is 1.60 bits per heavy atom. The Hall–Kier alpha value is -1.33. The van der Waals surface area contributed by atoms with Crippen LogP contribution in [-0.4, -0.2) is 34.3 Å². The van der Waals surface area contributed by atoms with E-state index < -0.39 is 5.43 Å². The Bertz CT molecular complexity index is 401. The zero-order valence-corrected chi connectivity index (χ0v) is 8.22. The molecule has 1 atom stereocenters. The highest BCUT2D eigenvalue weighted by atomic mass is 16.4. The molecular weight excluding hydrogens is 198 g/mol. The lowest BCUT2D eigenvalue weighted by molar-refractivity contribution is 0.171. The van der Waals surface area contributed by atoms with Crippen molar-refractivity contribution in [1.29, 1.82) is 0 Å². The van der Waals surface area contributed by atoms with Crippen LogP contribution in [0, 0.1) is 0 Å². The summed E-state index contributed by atoms with van der Waals surface area (Å²) in [5.41, 5.74) is -0.434. The molecule has 2 N–H and O–H groups in total. The van der Waals surface area contributed by atoms with Crippen LogP contribution in [-0.2, 0) is 6.54 Å². The molecule has 1 aromatic heterocycles. The van der Waals surface area contributed by atoms with E-state index in [-0.39, 0.29) is 11.9 Å². The minimum Gasteiger partial charge on any atom is -0.502 e. The van der Waals surface area contributed by atoms with Gasteiger partial charge in [-0.05, 0) is 6.42 Å². The molecule has 0 aliphatic carbocycles. The van der Waals surface area contributed by atoms with Gasteiger partial charge in [0.05, 0.1) is 12.6 Å². The maximum absolute atomic E-state index is 11.1. The Morgan fingerprint density at radius 2 is 2.40 bits per heavy atom. The summed E-state index contributed by atoms with van der Waals surface area (Å²) >= 11 is 0. The van der Waals surface area contributed by atoms with Gasteiger partial charge in [-0.15, -0.1) is 0 Å². The highest BCUT2D eigenvalue weighted by molar-refractivity contribution is 5.15. The van der Waals surface area contributed by atoms with Gasteiger partial charge in [-0.2, -0.15) is 0 Å². The minimum absolute atomic E-state index is 0.283. The smallest absolute Gasteiger partial charge is 0.226 e. The van der Waals surface area contributed by atoms with E-state index in [0.29, 0.717) is 18.8 Å². The summed E-state index contributed by atoms with van der Waals surface area (Å²) in [6, 6.07) is 1.28. The van der Waals surface area contributed by atoms with E-state index >= 15 is 0 Å². The number of aliphatic hydroxyl groups is 1. The van der Waals surface area contributed by atoms with Crippen LogP contribution < -0.4 is 5.43 Å². The molecule has 2 heterocycles. The van der Waals surface area contributed by atoms with Crippen molar-refractivity contribution >= 4 is 0 Å². The number of hydrogen-bond acceptors (Lipinski definition) is 5. The third-order valence-corrected chi connectivity index (χ3v) is 2.49. The summed E-state index contributed by atoms with van der Waals surface area (Å²) in [4.78, 5) is 13.1. The van der Waals surface area contributed by atoms with Crippen LogP contribution in [0.2, 0.25) is 0 Å². The molecule has 0 spiro atoms. The van der Waals surface area contributed by atoms with E-state index in [2.05, 4.69) is 0 Å². The summed E-state index contributed by atoms with van der Waals surface area (Å²) in [5.74, 6) is 0.132. The summed E-state index contributed by atoms with van der Waals surface area (Å²) in [5, 5.41) is 18.3. The quantitative estimate of drug-likeness (QED) is 0.715. The summed E-state index contributed by atoms with van der Waals surface area (Å²) in [6.45, 7) is 1.89. The molecule has 82 valence electrons. The van der Waals surface area contributed by atoms with E-state index in [0.717, 1.165) is 19.2 Å². The Labute approximate surface area is 86.6 Å². The molecule has 1 aromatic rings. The average molecular weight is 211 g/mol. The lowest BCUT2D eigenvalue weighted by Gasteiger charge is -2.13. The second-order valence-electron chi connectivity index (χ2n) is 3.77. The number of aromatic hydroxyl groups is 1. The summed E-state index contributed by atoms with van der Waals surface area (Å²) < 4.78 is 5.06. The summed E-state index contributed by atoms with van der Waals surface area (Å²) in [7, 11) is 0. The predicted molar refractivity (Wildman–Crippen MR) is 52.5 cm³/mol. The average Bonchev–Trinajstić information content (AvgIpc) is 2.58. The Morgan fingerprint density at radius 3 is 3.00 bits per heavy atom. The van der Waals surface area contributed by atoms with Gasteiger partial charge in [0.15, 0.2) is 5.75 Å². The van der Waals surface area contributed by atoms with Gasteiger partial charge in [-0.25, -0.2) is 0 Å². The fourth-order valence-corrected chi connectivity index (χ4v) is 1.70. The normalized spacial score (nSPS) is 22.1. The van der Waals surface area contributed by atoms with Gasteiger partial charge in [-0.1, -0.05) is 0 Å². The second-order valence-corrected chi connectivity index (χ2v) is 3.77. The van der Waals surface area contributed by atoms with Crippen LogP contribution in [0.1, 0.15) is 12.2 Å². The Balaban J connectivity index is 2.05. The van der Waals surface area contributed by atoms with Gasteiger partial charge in [0, 0.05) is 19.2 Å². The molecule has 1 aliphatic heterocycles. The first-order valence-electron chi connectivity index (χ1n) is 4.86. The minimum atomic E-state index is -0.434. The molecule has 0 saturated carbocycles. The topological polar surface area (TPSA) is 73.9 Å². The standard InChI is InChI=1S/C10H13NO4/c12-7-1-2-11(4-7)5-8-3-9(13)10(14)6-15-8/h3,6-7,12,14H,1-2,4-5H2. The van der Waals surface area contributed by atoms with Crippen molar-refractivity contribution in [3.8, 4) is 5.75 Å². The first-order valence-corrected chi connectivity index (χ1v) is 4.86. The molecule has 15 heavy (non-hydrogen) atoms. The van der Waals surface area contributed by atoms with E-state index in [1.54, 1.807) is 0 Å². The molecule has 1 aliphatic rings. The van der Waals surface area contributed by atoms with E-state index in [4.69, 9.17) is 9.52 Å². The molecule has 5 nitrogen and oxygen atoms in total. The number of rotatable bonds is 2. The number of hydrogen-bond donors (Lipinski definition) is 2. The highest BCUT2D eigenvalue weighted by Gasteiger charge is 2.20. The van der Waals surface area contributed by atoms with Crippen LogP contribution in [0.5, 0.6) is 5.75 Å². The first-order chi connectivity index (χ1) is 7.15. The van der Waals surface area contributed by atoms with Gasteiger partial charge in [-0.3, -0.25) is 9.69 Å². The molecule has 0 aromatic carbocycles. The maximum Gasteiger partial charge on any atom is 0.226 e. The van der Waals surface area contributed by atoms with Gasteiger partial charge in [0.2, 0.25) is 5.43 Å². The lowest BCUT2D eigenvalue weighted by Crippen LogP contribution is -2.22. The van der Waals surface area contributed by atoms with Gasteiger partial charge in [0.25, 0.3) is 0 Å². The van der Waals surface area contributed by atoms with Crippen LogP contribution in [0.4, 0.5) is 0 Å². The first kappa shape index (κ1) is 10.2. The fraction of sp³-hybridized carbons (Fsp3) is 0.500. The largest absolute Gasteiger partial charge is 0.502 e. The van der Waals surface area contributed by atoms with Gasteiger partial charge < -0.3 is 14.6 Å². The molecule has 0 amide bonds. The monoisotopic (exact) mass is 211 g/mol.